The molecule has 2 saturated carbocycles. The number of rotatable bonds is 1. The van der Waals surface area contributed by atoms with E-state index in [9.17, 15) is 9.90 Å². The van der Waals surface area contributed by atoms with Crippen molar-refractivity contribution >= 4 is 5.97 Å². The quantitative estimate of drug-likeness (QED) is 0.645. The predicted molar refractivity (Wildman–Crippen MR) is 47.2 cm³/mol. The van der Waals surface area contributed by atoms with Gasteiger partial charge in [-0.25, -0.2) is 0 Å². The molecule has 0 heterocycles. The first-order valence-corrected chi connectivity index (χ1v) is 5.07. The van der Waals surface area contributed by atoms with Crippen LogP contribution >= 0.6 is 0 Å². The van der Waals surface area contributed by atoms with Crippen LogP contribution in [0.1, 0.15) is 32.1 Å². The molecule has 4 unspecified atom stereocenters. The van der Waals surface area contributed by atoms with Gasteiger partial charge in [0.05, 0.1) is 12.0 Å². The number of aliphatic hydroxyl groups excluding tert-OH is 1. The van der Waals surface area contributed by atoms with E-state index < -0.39 is 5.97 Å². The number of carboxylic acid groups (broad SMARTS) is 1. The second-order valence-electron chi connectivity index (χ2n) is 4.49. The van der Waals surface area contributed by atoms with Crippen molar-refractivity contribution in [3.8, 4) is 0 Å². The van der Waals surface area contributed by atoms with E-state index in [1.807, 2.05) is 0 Å². The maximum absolute atomic E-state index is 10.8. The largest absolute Gasteiger partial charge is 0.481 e. The first kappa shape index (κ1) is 9.00. The molecule has 0 aromatic rings. The minimum Gasteiger partial charge on any atom is -0.481 e. The predicted octanol–water partition coefficient (Wildman–Crippen LogP) is 1.26. The van der Waals surface area contributed by atoms with E-state index in [-0.39, 0.29) is 12.0 Å². The molecule has 3 nitrogen and oxygen atoms in total. The molecule has 0 aromatic heterocycles. The van der Waals surface area contributed by atoms with Crippen molar-refractivity contribution in [2.75, 3.05) is 0 Å². The van der Waals surface area contributed by atoms with Gasteiger partial charge >= 0.3 is 5.97 Å². The van der Waals surface area contributed by atoms with Crippen LogP contribution in [0, 0.1) is 17.8 Å². The summed E-state index contributed by atoms with van der Waals surface area (Å²) in [5, 5.41) is 18.3. The Kier molecular flexibility index (Phi) is 2.28. The van der Waals surface area contributed by atoms with Crippen LogP contribution in [-0.4, -0.2) is 22.3 Å². The average molecular weight is 184 g/mol. The van der Waals surface area contributed by atoms with Crippen molar-refractivity contribution in [1.29, 1.82) is 0 Å². The van der Waals surface area contributed by atoms with Gasteiger partial charge in [-0.15, -0.1) is 0 Å². The third-order valence-electron chi connectivity index (χ3n) is 3.64. The molecule has 2 aliphatic rings. The molecule has 13 heavy (non-hydrogen) atoms. The Morgan fingerprint density at radius 2 is 1.77 bits per heavy atom. The summed E-state index contributed by atoms with van der Waals surface area (Å²) in [6.07, 6.45) is 4.18. The van der Waals surface area contributed by atoms with Crippen molar-refractivity contribution in [2.45, 2.75) is 38.2 Å². The number of carboxylic acids is 1. The molecule has 74 valence electrons. The van der Waals surface area contributed by atoms with Gasteiger partial charge in [0.25, 0.3) is 0 Å². The van der Waals surface area contributed by atoms with E-state index in [0.717, 1.165) is 32.1 Å². The van der Waals surface area contributed by atoms with Gasteiger partial charge in [-0.1, -0.05) is 0 Å². The zero-order valence-corrected chi connectivity index (χ0v) is 7.65. The van der Waals surface area contributed by atoms with Crippen LogP contribution in [0.5, 0.6) is 0 Å². The number of aliphatic carboxylic acids is 1. The van der Waals surface area contributed by atoms with Crippen LogP contribution in [0.3, 0.4) is 0 Å². The molecule has 2 rings (SSSR count). The molecule has 3 heteroatoms. The minimum atomic E-state index is -0.649. The third kappa shape index (κ3) is 1.70. The fourth-order valence-corrected chi connectivity index (χ4v) is 2.93. The van der Waals surface area contributed by atoms with E-state index >= 15 is 0 Å². The van der Waals surface area contributed by atoms with Gasteiger partial charge in [0.15, 0.2) is 0 Å². The fraction of sp³-hybridized carbons (Fsp3) is 0.900. The van der Waals surface area contributed by atoms with E-state index in [0.29, 0.717) is 11.8 Å². The molecule has 0 saturated heterocycles. The number of hydrogen-bond acceptors (Lipinski definition) is 2. The smallest absolute Gasteiger partial charge is 0.306 e. The van der Waals surface area contributed by atoms with E-state index in [4.69, 9.17) is 5.11 Å². The second-order valence-corrected chi connectivity index (χ2v) is 4.49. The Morgan fingerprint density at radius 1 is 1.08 bits per heavy atom. The van der Waals surface area contributed by atoms with Crippen molar-refractivity contribution in [3.63, 3.8) is 0 Å². The summed E-state index contributed by atoms with van der Waals surface area (Å²) >= 11 is 0. The fourth-order valence-electron chi connectivity index (χ4n) is 2.93. The zero-order chi connectivity index (χ0) is 9.42. The number of fused-ring (bicyclic) bond motifs is 1. The molecular weight excluding hydrogens is 168 g/mol. The maximum Gasteiger partial charge on any atom is 0.306 e. The lowest BCUT2D eigenvalue weighted by Gasteiger charge is -2.28. The van der Waals surface area contributed by atoms with Crippen molar-refractivity contribution in [2.24, 2.45) is 17.8 Å². The molecule has 0 bridgehead atoms. The molecule has 4 atom stereocenters. The Morgan fingerprint density at radius 3 is 2.46 bits per heavy atom. The minimum absolute atomic E-state index is 0.139. The van der Waals surface area contributed by atoms with Crippen LogP contribution in [-0.2, 0) is 4.79 Å². The SMILES string of the molecule is O=C(O)C1CC2CCC(O)CC2C1. The van der Waals surface area contributed by atoms with Crippen molar-refractivity contribution in [3.05, 3.63) is 0 Å². The average Bonchev–Trinajstić information content (AvgIpc) is 2.46. The van der Waals surface area contributed by atoms with E-state index in [1.54, 1.807) is 0 Å². The van der Waals surface area contributed by atoms with Gasteiger partial charge in [0.2, 0.25) is 0 Å². The third-order valence-corrected chi connectivity index (χ3v) is 3.64. The summed E-state index contributed by atoms with van der Waals surface area (Å²) in [5.74, 6) is 0.263. The second kappa shape index (κ2) is 3.29. The summed E-state index contributed by atoms with van der Waals surface area (Å²) in [5.41, 5.74) is 0. The lowest BCUT2D eigenvalue weighted by Crippen LogP contribution is -2.23. The molecule has 2 N–H and O–H groups in total. The number of aliphatic hydroxyl groups is 1. The van der Waals surface area contributed by atoms with Gasteiger partial charge < -0.3 is 10.2 Å². The van der Waals surface area contributed by atoms with Gasteiger partial charge in [0, 0.05) is 0 Å². The maximum atomic E-state index is 10.8. The van der Waals surface area contributed by atoms with Gasteiger partial charge in [0.1, 0.15) is 0 Å². The summed E-state index contributed by atoms with van der Waals surface area (Å²) in [4.78, 5) is 10.8. The Hall–Kier alpha value is -0.570. The van der Waals surface area contributed by atoms with Crippen LogP contribution in [0.2, 0.25) is 0 Å². The highest BCUT2D eigenvalue weighted by atomic mass is 16.4. The monoisotopic (exact) mass is 184 g/mol. The Bertz CT molecular complexity index is 214. The van der Waals surface area contributed by atoms with E-state index in [1.165, 1.54) is 0 Å². The molecule has 0 radical (unpaired) electrons. The topological polar surface area (TPSA) is 57.5 Å². The van der Waals surface area contributed by atoms with Crippen molar-refractivity contribution in [1.82, 2.24) is 0 Å². The highest BCUT2D eigenvalue weighted by Gasteiger charge is 2.40. The van der Waals surface area contributed by atoms with Crippen LogP contribution in [0.25, 0.3) is 0 Å². The molecular formula is C10H16O3. The molecule has 0 amide bonds. The van der Waals surface area contributed by atoms with Crippen molar-refractivity contribution < 1.29 is 15.0 Å². The lowest BCUT2D eigenvalue weighted by molar-refractivity contribution is -0.141. The summed E-state index contributed by atoms with van der Waals surface area (Å²) in [6, 6.07) is 0. The zero-order valence-electron chi connectivity index (χ0n) is 7.65. The van der Waals surface area contributed by atoms with E-state index in [2.05, 4.69) is 0 Å². The van der Waals surface area contributed by atoms with Crippen LogP contribution in [0.4, 0.5) is 0 Å². The standard InChI is InChI=1S/C10H16O3/c11-9-2-1-6-3-8(10(12)13)4-7(6)5-9/h6-9,11H,1-5H2,(H,12,13). The summed E-state index contributed by atoms with van der Waals surface area (Å²) in [7, 11) is 0. The normalized spacial score (nSPS) is 44.4. The summed E-state index contributed by atoms with van der Waals surface area (Å²) < 4.78 is 0. The van der Waals surface area contributed by atoms with Gasteiger partial charge in [-0.3, -0.25) is 4.79 Å². The number of carbonyl (C=O) groups is 1. The van der Waals surface area contributed by atoms with Crippen LogP contribution < -0.4 is 0 Å². The summed E-state index contributed by atoms with van der Waals surface area (Å²) in [6.45, 7) is 0. The molecule has 0 spiro atoms. The lowest BCUT2D eigenvalue weighted by atomic mass is 9.80. The van der Waals surface area contributed by atoms with Gasteiger partial charge in [-0.2, -0.15) is 0 Å². The Balaban J connectivity index is 1.98. The Labute approximate surface area is 77.8 Å². The van der Waals surface area contributed by atoms with Crippen LogP contribution in [0.15, 0.2) is 0 Å². The highest BCUT2D eigenvalue weighted by Crippen LogP contribution is 2.45. The van der Waals surface area contributed by atoms with Gasteiger partial charge in [-0.05, 0) is 43.9 Å². The first-order chi connectivity index (χ1) is 6.16. The number of hydrogen-bond donors (Lipinski definition) is 2. The highest BCUT2D eigenvalue weighted by molar-refractivity contribution is 5.70. The molecule has 2 aliphatic carbocycles. The molecule has 0 aliphatic heterocycles. The molecule has 2 fully saturated rings. The first-order valence-electron chi connectivity index (χ1n) is 5.07. The molecule has 0 aromatic carbocycles.